The molecule has 2 heterocycles. The van der Waals surface area contributed by atoms with Crippen molar-refractivity contribution >= 4 is 16.7 Å². The highest BCUT2D eigenvalue weighted by molar-refractivity contribution is 5.92. The Morgan fingerprint density at radius 3 is 3.17 bits per heavy atom. The van der Waals surface area contributed by atoms with Crippen LogP contribution < -0.4 is 10.9 Å². The maximum absolute atomic E-state index is 5.59. The molecular weight excluding hydrogens is 152 g/mol. The summed E-state index contributed by atoms with van der Waals surface area (Å²) in [6.45, 7) is 0.768. The largest absolute Gasteiger partial charge is 0.457 e. The molecule has 0 atom stereocenters. The van der Waals surface area contributed by atoms with Crippen LogP contribution in [0.5, 0.6) is 0 Å². The molecule has 0 unspecified atom stereocenters. The van der Waals surface area contributed by atoms with E-state index in [1.807, 2.05) is 18.2 Å². The van der Waals surface area contributed by atoms with Crippen LogP contribution in [0.25, 0.3) is 11.0 Å². The summed E-state index contributed by atoms with van der Waals surface area (Å²) in [7, 11) is 0. The van der Waals surface area contributed by atoms with Gasteiger partial charge in [-0.15, -0.1) is 0 Å². The van der Waals surface area contributed by atoms with Gasteiger partial charge in [0.15, 0.2) is 0 Å². The van der Waals surface area contributed by atoms with Crippen molar-refractivity contribution < 1.29 is 4.42 Å². The minimum absolute atomic E-state index is 0.768. The Labute approximate surface area is 69.3 Å². The molecule has 0 radical (unpaired) electrons. The van der Waals surface area contributed by atoms with Crippen molar-refractivity contribution in [2.24, 2.45) is 0 Å². The molecule has 0 saturated carbocycles. The molecule has 60 valence electrons. The standard InChI is InChI=1S/C9H8N2O/c1-2-4-7-6(3-1)9-8(12-7)5-10-11-9/h1-4,10-11H,5H2. The van der Waals surface area contributed by atoms with E-state index in [9.17, 15) is 0 Å². The first-order valence-electron chi connectivity index (χ1n) is 3.94. The van der Waals surface area contributed by atoms with Crippen molar-refractivity contribution in [1.29, 1.82) is 0 Å². The molecule has 0 spiro atoms. The van der Waals surface area contributed by atoms with Crippen molar-refractivity contribution in [3.05, 3.63) is 30.0 Å². The highest BCUT2D eigenvalue weighted by Gasteiger charge is 2.17. The number of benzene rings is 1. The summed E-state index contributed by atoms with van der Waals surface area (Å²) < 4.78 is 5.59. The van der Waals surface area contributed by atoms with Crippen molar-refractivity contribution in [3.63, 3.8) is 0 Å². The Bertz CT molecular complexity index is 433. The number of hydrogen-bond donors (Lipinski definition) is 2. The maximum atomic E-state index is 5.59. The third kappa shape index (κ3) is 0.636. The molecule has 2 N–H and O–H groups in total. The second-order valence-corrected chi connectivity index (χ2v) is 2.87. The zero-order chi connectivity index (χ0) is 7.97. The SMILES string of the molecule is c1ccc2c3c(oc2c1)CNN3. The fraction of sp³-hybridized carbons (Fsp3) is 0.111. The summed E-state index contributed by atoms with van der Waals surface area (Å²) >= 11 is 0. The molecule has 12 heavy (non-hydrogen) atoms. The normalized spacial score (nSPS) is 14.7. The Kier molecular flexibility index (Phi) is 1.02. The van der Waals surface area contributed by atoms with E-state index in [0.717, 1.165) is 29.0 Å². The molecule has 0 aliphatic carbocycles. The second-order valence-electron chi connectivity index (χ2n) is 2.87. The van der Waals surface area contributed by atoms with Crippen LogP contribution in [0.2, 0.25) is 0 Å². The van der Waals surface area contributed by atoms with Crippen molar-refractivity contribution in [2.75, 3.05) is 5.43 Å². The van der Waals surface area contributed by atoms with Gasteiger partial charge in [0, 0.05) is 5.39 Å². The minimum Gasteiger partial charge on any atom is -0.457 e. The van der Waals surface area contributed by atoms with E-state index in [1.54, 1.807) is 0 Å². The lowest BCUT2D eigenvalue weighted by Gasteiger charge is -1.94. The molecule has 1 aromatic heterocycles. The molecule has 1 aliphatic heterocycles. The Hall–Kier alpha value is -1.48. The molecular formula is C9H8N2O. The highest BCUT2D eigenvalue weighted by Crippen LogP contribution is 2.32. The van der Waals surface area contributed by atoms with E-state index in [-0.39, 0.29) is 0 Å². The van der Waals surface area contributed by atoms with E-state index in [1.165, 1.54) is 0 Å². The summed E-state index contributed by atoms with van der Waals surface area (Å²) in [5, 5.41) is 1.15. The lowest BCUT2D eigenvalue weighted by Crippen LogP contribution is -2.11. The molecule has 1 aliphatic rings. The number of anilines is 1. The fourth-order valence-corrected chi connectivity index (χ4v) is 1.57. The summed E-state index contributed by atoms with van der Waals surface area (Å²) in [5.41, 5.74) is 8.14. The van der Waals surface area contributed by atoms with Gasteiger partial charge in [-0.25, -0.2) is 5.43 Å². The number of hydrazine groups is 1. The number of nitrogens with one attached hydrogen (secondary N) is 2. The number of rotatable bonds is 0. The summed E-state index contributed by atoms with van der Waals surface area (Å²) in [4.78, 5) is 0. The number of fused-ring (bicyclic) bond motifs is 3. The first-order valence-corrected chi connectivity index (χ1v) is 3.94. The van der Waals surface area contributed by atoms with Crippen LogP contribution in [0.1, 0.15) is 5.76 Å². The fourth-order valence-electron chi connectivity index (χ4n) is 1.57. The first-order chi connectivity index (χ1) is 5.95. The number of furan rings is 1. The summed E-state index contributed by atoms with van der Waals surface area (Å²) in [5.74, 6) is 0.996. The lowest BCUT2D eigenvalue weighted by molar-refractivity contribution is 0.549. The molecule has 3 heteroatoms. The first kappa shape index (κ1) is 6.08. The molecule has 2 aromatic rings. The van der Waals surface area contributed by atoms with Gasteiger partial charge in [-0.2, -0.15) is 0 Å². The zero-order valence-electron chi connectivity index (χ0n) is 6.42. The highest BCUT2D eigenvalue weighted by atomic mass is 16.3. The van der Waals surface area contributed by atoms with E-state index in [2.05, 4.69) is 16.9 Å². The third-order valence-electron chi connectivity index (χ3n) is 2.13. The molecule has 1 aromatic carbocycles. The Morgan fingerprint density at radius 2 is 2.17 bits per heavy atom. The lowest BCUT2D eigenvalue weighted by atomic mass is 10.2. The molecule has 0 fully saturated rings. The molecule has 3 rings (SSSR count). The van der Waals surface area contributed by atoms with Gasteiger partial charge in [0.05, 0.1) is 6.54 Å². The Balaban J connectivity index is 2.44. The van der Waals surface area contributed by atoms with Gasteiger partial charge in [0.25, 0.3) is 0 Å². The van der Waals surface area contributed by atoms with Gasteiger partial charge < -0.3 is 9.84 Å². The third-order valence-corrected chi connectivity index (χ3v) is 2.13. The molecule has 0 saturated heterocycles. The van der Waals surface area contributed by atoms with Gasteiger partial charge in [-0.3, -0.25) is 0 Å². The number of para-hydroxylation sites is 1. The molecule has 0 amide bonds. The Morgan fingerprint density at radius 1 is 1.25 bits per heavy atom. The van der Waals surface area contributed by atoms with Crippen LogP contribution in [0, 0.1) is 0 Å². The number of hydrogen-bond acceptors (Lipinski definition) is 3. The monoisotopic (exact) mass is 160 g/mol. The second kappa shape index (κ2) is 2.01. The van der Waals surface area contributed by atoms with Crippen LogP contribution in [0.15, 0.2) is 28.7 Å². The van der Waals surface area contributed by atoms with Gasteiger partial charge in [0.1, 0.15) is 17.0 Å². The van der Waals surface area contributed by atoms with E-state index < -0.39 is 0 Å². The average Bonchev–Trinajstić information content (AvgIpc) is 2.62. The quantitative estimate of drug-likeness (QED) is 0.617. The van der Waals surface area contributed by atoms with Crippen LogP contribution in [0.3, 0.4) is 0 Å². The van der Waals surface area contributed by atoms with Gasteiger partial charge >= 0.3 is 0 Å². The van der Waals surface area contributed by atoms with Gasteiger partial charge in [-0.1, -0.05) is 12.1 Å². The topological polar surface area (TPSA) is 37.2 Å². The van der Waals surface area contributed by atoms with Crippen LogP contribution in [0.4, 0.5) is 5.69 Å². The van der Waals surface area contributed by atoms with Crippen LogP contribution in [-0.2, 0) is 6.54 Å². The van der Waals surface area contributed by atoms with Crippen LogP contribution >= 0.6 is 0 Å². The van der Waals surface area contributed by atoms with Gasteiger partial charge in [0.2, 0.25) is 0 Å². The average molecular weight is 160 g/mol. The summed E-state index contributed by atoms with van der Waals surface area (Å²) in [6, 6.07) is 8.03. The predicted octanol–water partition coefficient (Wildman–Crippen LogP) is 1.86. The van der Waals surface area contributed by atoms with Crippen molar-refractivity contribution in [2.45, 2.75) is 6.54 Å². The smallest absolute Gasteiger partial charge is 0.145 e. The van der Waals surface area contributed by atoms with E-state index in [0.29, 0.717) is 0 Å². The van der Waals surface area contributed by atoms with Gasteiger partial charge in [-0.05, 0) is 12.1 Å². The molecule has 0 bridgehead atoms. The van der Waals surface area contributed by atoms with E-state index >= 15 is 0 Å². The molecule has 3 nitrogen and oxygen atoms in total. The summed E-state index contributed by atoms with van der Waals surface area (Å²) in [6.07, 6.45) is 0. The maximum Gasteiger partial charge on any atom is 0.145 e. The minimum atomic E-state index is 0.768. The van der Waals surface area contributed by atoms with E-state index in [4.69, 9.17) is 4.42 Å². The predicted molar refractivity (Wildman–Crippen MR) is 46.7 cm³/mol. The van der Waals surface area contributed by atoms with Crippen LogP contribution in [-0.4, -0.2) is 0 Å². The zero-order valence-corrected chi connectivity index (χ0v) is 6.42. The van der Waals surface area contributed by atoms with Crippen molar-refractivity contribution in [3.8, 4) is 0 Å². The van der Waals surface area contributed by atoms with Crippen molar-refractivity contribution in [1.82, 2.24) is 5.43 Å².